The molecule has 3 rings (SSSR count). The second-order valence-corrected chi connectivity index (χ2v) is 5.24. The Morgan fingerprint density at radius 3 is 2.45 bits per heavy atom. The summed E-state index contributed by atoms with van der Waals surface area (Å²) < 4.78 is 2.14. The minimum Gasteiger partial charge on any atom is -0.316 e. The van der Waals surface area contributed by atoms with Crippen molar-refractivity contribution in [2.24, 2.45) is 0 Å². The highest BCUT2D eigenvalue weighted by atomic mass is 15.0. The van der Waals surface area contributed by atoms with Gasteiger partial charge in [0.25, 0.3) is 0 Å². The first-order chi connectivity index (χ1) is 9.69. The fraction of sp³-hybridized carbons (Fsp3) is 0.235. The van der Waals surface area contributed by atoms with Crippen LogP contribution in [-0.4, -0.2) is 16.6 Å². The van der Waals surface area contributed by atoms with E-state index in [0.717, 1.165) is 23.3 Å². The molecule has 0 fully saturated rings. The summed E-state index contributed by atoms with van der Waals surface area (Å²) in [5.41, 5.74) is 7.23. The van der Waals surface area contributed by atoms with Gasteiger partial charge < -0.3 is 5.32 Å². The Bertz CT molecular complexity index is 739. The minimum atomic E-state index is 0.892. The number of hydrogen-bond acceptors (Lipinski definition) is 2. The summed E-state index contributed by atoms with van der Waals surface area (Å²) in [4.78, 5) is 4.51. The maximum absolute atomic E-state index is 4.51. The highest BCUT2D eigenvalue weighted by Gasteiger charge is 2.06. The molecule has 3 heteroatoms. The lowest BCUT2D eigenvalue weighted by molar-refractivity contribution is 0.817. The van der Waals surface area contributed by atoms with Crippen LogP contribution in [0.15, 0.2) is 42.7 Å². The van der Waals surface area contributed by atoms with E-state index in [1.54, 1.807) is 0 Å². The topological polar surface area (TPSA) is 29.9 Å². The number of aromatic nitrogens is 2. The molecule has 0 aliphatic carbocycles. The first-order valence-corrected chi connectivity index (χ1v) is 6.87. The van der Waals surface area contributed by atoms with Crippen molar-refractivity contribution >= 4 is 11.0 Å². The molecule has 0 radical (unpaired) electrons. The number of aryl methyl sites for hydroxylation is 2. The molecule has 3 aromatic rings. The summed E-state index contributed by atoms with van der Waals surface area (Å²) in [7, 11) is 1.96. The standard InChI is InChI=1S/C17H19N3/c1-12-8-16-17(9-13(12)2)20(11-19-16)15-6-4-14(5-7-15)10-18-3/h4-9,11,18H,10H2,1-3H3. The third kappa shape index (κ3) is 2.21. The highest BCUT2D eigenvalue weighted by Crippen LogP contribution is 2.22. The van der Waals surface area contributed by atoms with Crippen LogP contribution in [0.2, 0.25) is 0 Å². The van der Waals surface area contributed by atoms with Gasteiger partial charge in [0.2, 0.25) is 0 Å². The van der Waals surface area contributed by atoms with Crippen molar-refractivity contribution in [1.82, 2.24) is 14.9 Å². The van der Waals surface area contributed by atoms with Gasteiger partial charge in [0.1, 0.15) is 6.33 Å². The third-order valence-electron chi connectivity index (χ3n) is 3.76. The van der Waals surface area contributed by atoms with E-state index in [0.29, 0.717) is 0 Å². The van der Waals surface area contributed by atoms with Gasteiger partial charge in [-0.15, -0.1) is 0 Å². The van der Waals surface area contributed by atoms with Gasteiger partial charge >= 0.3 is 0 Å². The molecule has 20 heavy (non-hydrogen) atoms. The largest absolute Gasteiger partial charge is 0.316 e. The van der Waals surface area contributed by atoms with Crippen molar-refractivity contribution in [3.05, 3.63) is 59.4 Å². The number of hydrogen-bond donors (Lipinski definition) is 1. The van der Waals surface area contributed by atoms with E-state index < -0.39 is 0 Å². The second-order valence-electron chi connectivity index (χ2n) is 5.24. The molecule has 3 nitrogen and oxygen atoms in total. The molecule has 1 heterocycles. The van der Waals surface area contributed by atoms with Crippen LogP contribution in [0.3, 0.4) is 0 Å². The zero-order valence-electron chi connectivity index (χ0n) is 12.1. The Balaban J connectivity index is 2.07. The zero-order valence-corrected chi connectivity index (χ0v) is 12.1. The Morgan fingerprint density at radius 1 is 1.05 bits per heavy atom. The average Bonchev–Trinajstić information content (AvgIpc) is 2.83. The minimum absolute atomic E-state index is 0.892. The van der Waals surface area contributed by atoms with Gasteiger partial charge in [0.15, 0.2) is 0 Å². The van der Waals surface area contributed by atoms with Gasteiger partial charge in [-0.25, -0.2) is 4.98 Å². The van der Waals surface area contributed by atoms with E-state index in [2.05, 4.69) is 65.1 Å². The quantitative estimate of drug-likeness (QED) is 0.787. The smallest absolute Gasteiger partial charge is 0.100 e. The molecule has 1 aromatic heterocycles. The highest BCUT2D eigenvalue weighted by molar-refractivity contribution is 5.79. The van der Waals surface area contributed by atoms with E-state index >= 15 is 0 Å². The van der Waals surface area contributed by atoms with Crippen molar-refractivity contribution in [2.75, 3.05) is 7.05 Å². The third-order valence-corrected chi connectivity index (χ3v) is 3.76. The summed E-state index contributed by atoms with van der Waals surface area (Å²) >= 11 is 0. The monoisotopic (exact) mass is 265 g/mol. The molecule has 0 bridgehead atoms. The van der Waals surface area contributed by atoms with Crippen molar-refractivity contribution in [3.63, 3.8) is 0 Å². The Labute approximate surface area is 119 Å². The molecular formula is C17H19N3. The molecule has 0 aliphatic heterocycles. The Hall–Kier alpha value is -2.13. The molecule has 0 spiro atoms. The average molecular weight is 265 g/mol. The molecule has 0 aliphatic rings. The zero-order chi connectivity index (χ0) is 14.1. The van der Waals surface area contributed by atoms with E-state index in [-0.39, 0.29) is 0 Å². The maximum Gasteiger partial charge on any atom is 0.100 e. The van der Waals surface area contributed by atoms with Crippen molar-refractivity contribution in [1.29, 1.82) is 0 Å². The number of benzene rings is 2. The van der Waals surface area contributed by atoms with E-state index in [1.165, 1.54) is 16.7 Å². The molecule has 0 unspecified atom stereocenters. The molecule has 1 N–H and O–H groups in total. The van der Waals surface area contributed by atoms with Gasteiger partial charge in [0, 0.05) is 12.2 Å². The molecular weight excluding hydrogens is 246 g/mol. The summed E-state index contributed by atoms with van der Waals surface area (Å²) in [6, 6.07) is 12.9. The number of nitrogens with zero attached hydrogens (tertiary/aromatic N) is 2. The number of nitrogens with one attached hydrogen (secondary N) is 1. The van der Waals surface area contributed by atoms with Gasteiger partial charge in [-0.3, -0.25) is 4.57 Å². The first-order valence-electron chi connectivity index (χ1n) is 6.87. The lowest BCUT2D eigenvalue weighted by atomic mass is 10.1. The molecule has 2 aromatic carbocycles. The first kappa shape index (κ1) is 12.9. The summed E-state index contributed by atoms with van der Waals surface area (Å²) in [5, 5.41) is 3.16. The van der Waals surface area contributed by atoms with Crippen LogP contribution >= 0.6 is 0 Å². The number of rotatable bonds is 3. The lowest BCUT2D eigenvalue weighted by Gasteiger charge is -2.07. The fourth-order valence-electron chi connectivity index (χ4n) is 2.45. The van der Waals surface area contributed by atoms with Crippen LogP contribution in [0.25, 0.3) is 16.7 Å². The maximum atomic E-state index is 4.51. The fourth-order valence-corrected chi connectivity index (χ4v) is 2.45. The summed E-state index contributed by atoms with van der Waals surface area (Å²) in [6.45, 7) is 5.16. The number of fused-ring (bicyclic) bond motifs is 1. The van der Waals surface area contributed by atoms with E-state index in [1.807, 2.05) is 13.4 Å². The van der Waals surface area contributed by atoms with Crippen LogP contribution < -0.4 is 5.32 Å². The molecule has 0 atom stereocenters. The second kappa shape index (κ2) is 5.10. The molecule has 102 valence electrons. The summed E-state index contributed by atoms with van der Waals surface area (Å²) in [6.07, 6.45) is 1.90. The van der Waals surface area contributed by atoms with Gasteiger partial charge in [0.05, 0.1) is 11.0 Å². The summed E-state index contributed by atoms with van der Waals surface area (Å²) in [5.74, 6) is 0. The van der Waals surface area contributed by atoms with Crippen molar-refractivity contribution < 1.29 is 0 Å². The van der Waals surface area contributed by atoms with Crippen molar-refractivity contribution in [2.45, 2.75) is 20.4 Å². The normalized spacial score (nSPS) is 11.2. The van der Waals surface area contributed by atoms with Crippen LogP contribution in [0.1, 0.15) is 16.7 Å². The predicted molar refractivity (Wildman–Crippen MR) is 83.3 cm³/mol. The van der Waals surface area contributed by atoms with E-state index in [4.69, 9.17) is 0 Å². The van der Waals surface area contributed by atoms with Crippen LogP contribution in [0.4, 0.5) is 0 Å². The molecule has 0 saturated heterocycles. The van der Waals surface area contributed by atoms with Crippen LogP contribution in [0, 0.1) is 13.8 Å². The SMILES string of the molecule is CNCc1ccc(-n2cnc3cc(C)c(C)cc32)cc1. The van der Waals surface area contributed by atoms with Gasteiger partial charge in [-0.2, -0.15) is 0 Å². The Kier molecular flexibility index (Phi) is 3.28. The van der Waals surface area contributed by atoms with Crippen LogP contribution in [-0.2, 0) is 6.54 Å². The number of imidazole rings is 1. The molecule has 0 saturated carbocycles. The predicted octanol–water partition coefficient (Wildman–Crippen LogP) is 3.36. The van der Waals surface area contributed by atoms with Crippen molar-refractivity contribution in [3.8, 4) is 5.69 Å². The van der Waals surface area contributed by atoms with Gasteiger partial charge in [-0.05, 0) is 61.9 Å². The van der Waals surface area contributed by atoms with Gasteiger partial charge in [-0.1, -0.05) is 12.1 Å². The Morgan fingerprint density at radius 2 is 1.75 bits per heavy atom. The van der Waals surface area contributed by atoms with Crippen LogP contribution in [0.5, 0.6) is 0 Å². The lowest BCUT2D eigenvalue weighted by Crippen LogP contribution is -2.04. The molecule has 0 amide bonds. The van der Waals surface area contributed by atoms with E-state index in [9.17, 15) is 0 Å².